The summed E-state index contributed by atoms with van der Waals surface area (Å²) in [5.41, 5.74) is 4.94. The number of nitrogens with two attached hydrogens (primary N) is 1. The smallest absolute Gasteiger partial charge is 0.254 e. The van der Waals surface area contributed by atoms with Crippen LogP contribution in [0.25, 0.3) is 0 Å². The molecule has 0 bridgehead atoms. The second kappa shape index (κ2) is 7.12. The molecule has 0 heterocycles. The fraction of sp³-hybridized carbons (Fsp3) is 0.250. The van der Waals surface area contributed by atoms with Gasteiger partial charge in [0.15, 0.2) is 0 Å². The number of rotatable bonds is 2. The fourth-order valence-corrected chi connectivity index (χ4v) is 0.209. The van der Waals surface area contributed by atoms with E-state index in [9.17, 15) is 0 Å². The molecule has 0 saturated carbocycles. The van der Waals surface area contributed by atoms with Crippen LogP contribution in [-0.2, 0) is 25.8 Å². The van der Waals surface area contributed by atoms with E-state index in [4.69, 9.17) is 5.73 Å². The van der Waals surface area contributed by atoms with Crippen LogP contribution in [0.3, 0.4) is 0 Å². The molecule has 0 radical (unpaired) electrons. The molecule has 0 aliphatic carbocycles. The minimum absolute atomic E-state index is 0. The number of ether oxygens (including phenoxy) is 1. The van der Waals surface area contributed by atoms with Gasteiger partial charge < -0.3 is 10.5 Å². The maximum Gasteiger partial charge on any atom is 0.254 e. The van der Waals surface area contributed by atoms with Crippen LogP contribution in [0.2, 0.25) is 0 Å². The molecule has 0 rings (SSSR count). The van der Waals surface area contributed by atoms with Crippen molar-refractivity contribution in [1.82, 2.24) is 0 Å². The zero-order valence-electron chi connectivity index (χ0n) is 4.29. The summed E-state index contributed by atoms with van der Waals surface area (Å²) in [6.45, 7) is 3.79. The molecule has 0 aliphatic heterocycles. The van der Waals surface area contributed by atoms with Crippen LogP contribution in [-0.4, -0.2) is 11.8 Å². The van der Waals surface area contributed by atoms with Crippen LogP contribution in [0.15, 0.2) is 12.7 Å². The summed E-state index contributed by atoms with van der Waals surface area (Å²) < 4.78 is 4.58. The van der Waals surface area contributed by atoms with E-state index >= 15 is 0 Å². The number of thiocarbonyl (C=S) groups is 1. The van der Waals surface area contributed by atoms with E-state index in [-0.39, 0.29) is 26.2 Å². The van der Waals surface area contributed by atoms with Gasteiger partial charge in [0.25, 0.3) is 5.17 Å². The normalized spacial score (nSPS) is 6.50. The van der Waals surface area contributed by atoms with Gasteiger partial charge in [0.2, 0.25) is 0 Å². The fourth-order valence-electron chi connectivity index (χ4n) is 0.141. The molecule has 0 aromatic carbocycles. The first kappa shape index (κ1) is 11.0. The molecule has 0 atom stereocenters. The Kier molecular flexibility index (Phi) is 9.78. The molecular weight excluding hydrogens is 206 g/mol. The number of hydrogen-bond acceptors (Lipinski definition) is 2. The maximum absolute atomic E-state index is 4.94. The second-order valence-electron chi connectivity index (χ2n) is 0.919. The minimum atomic E-state index is 0. The Balaban J connectivity index is 0. The van der Waals surface area contributed by atoms with Crippen LogP contribution in [0.4, 0.5) is 0 Å². The quantitative estimate of drug-likeness (QED) is 0.410. The van der Waals surface area contributed by atoms with Crippen LogP contribution < -0.4 is 5.73 Å². The molecule has 0 saturated heterocycles. The van der Waals surface area contributed by atoms with E-state index in [1.807, 2.05) is 0 Å². The molecule has 2 nitrogen and oxygen atoms in total. The summed E-state index contributed by atoms with van der Waals surface area (Å²) >= 11 is 4.37. The van der Waals surface area contributed by atoms with Crippen molar-refractivity contribution in [3.63, 3.8) is 0 Å². The third-order valence-corrected chi connectivity index (χ3v) is 0.461. The van der Waals surface area contributed by atoms with Gasteiger partial charge in [0, 0.05) is 21.1 Å². The van der Waals surface area contributed by atoms with E-state index in [0.717, 1.165) is 0 Å². The molecule has 4 heteroatoms. The van der Waals surface area contributed by atoms with Crippen LogP contribution in [0, 0.1) is 0 Å². The van der Waals surface area contributed by atoms with Gasteiger partial charge in [-0.3, -0.25) is 0 Å². The predicted octanol–water partition coefficient (Wildman–Crippen LogP) is 0.430. The van der Waals surface area contributed by atoms with Gasteiger partial charge in [-0.1, -0.05) is 12.7 Å². The molecule has 0 fully saturated rings. The van der Waals surface area contributed by atoms with Crippen molar-refractivity contribution in [2.45, 2.75) is 0 Å². The molecule has 0 aromatic heterocycles. The van der Waals surface area contributed by atoms with Crippen LogP contribution in [0.1, 0.15) is 0 Å². The van der Waals surface area contributed by atoms with Crippen molar-refractivity contribution >= 4 is 17.4 Å². The molecule has 0 aliphatic rings. The first-order chi connectivity index (χ1) is 3.27. The van der Waals surface area contributed by atoms with Crippen molar-refractivity contribution in [2.24, 2.45) is 5.73 Å². The molecule has 8 heavy (non-hydrogen) atoms. The Bertz CT molecular complexity index is 86.1. The molecule has 0 aromatic rings. The second-order valence-corrected chi connectivity index (χ2v) is 1.32. The maximum atomic E-state index is 4.94. The van der Waals surface area contributed by atoms with Crippen molar-refractivity contribution in [3.8, 4) is 0 Å². The van der Waals surface area contributed by atoms with Gasteiger partial charge in [0.05, 0.1) is 0 Å². The average molecular weight is 213 g/mol. The van der Waals surface area contributed by atoms with E-state index in [2.05, 4.69) is 23.5 Å². The molecule has 0 spiro atoms. The van der Waals surface area contributed by atoms with Gasteiger partial charge in [-0.25, -0.2) is 0 Å². The third kappa shape index (κ3) is 9.45. The monoisotopic (exact) mass is 215 g/mol. The third-order valence-electron chi connectivity index (χ3n) is 0.343. The molecule has 0 unspecified atom stereocenters. The van der Waals surface area contributed by atoms with Gasteiger partial charge in [-0.15, -0.1) is 0 Å². The van der Waals surface area contributed by atoms with Crippen molar-refractivity contribution in [1.29, 1.82) is 0 Å². The van der Waals surface area contributed by atoms with Gasteiger partial charge in [0.1, 0.15) is 6.61 Å². The summed E-state index contributed by atoms with van der Waals surface area (Å²) in [7, 11) is 0. The largest absolute Gasteiger partial charge is 0.467 e. The summed E-state index contributed by atoms with van der Waals surface area (Å²) in [5.74, 6) is 0. The molecule has 0 amide bonds. The van der Waals surface area contributed by atoms with E-state index in [0.29, 0.717) is 6.61 Å². The minimum Gasteiger partial charge on any atom is -0.467 e. The Labute approximate surface area is 68.3 Å². The van der Waals surface area contributed by atoms with E-state index in [1.54, 1.807) is 6.08 Å². The van der Waals surface area contributed by atoms with Gasteiger partial charge >= 0.3 is 0 Å². The van der Waals surface area contributed by atoms with Crippen molar-refractivity contribution < 1.29 is 25.8 Å². The van der Waals surface area contributed by atoms with Crippen LogP contribution >= 0.6 is 12.2 Å². The van der Waals surface area contributed by atoms with E-state index in [1.165, 1.54) is 0 Å². The van der Waals surface area contributed by atoms with Gasteiger partial charge in [-0.2, -0.15) is 0 Å². The van der Waals surface area contributed by atoms with Crippen molar-refractivity contribution in [3.05, 3.63) is 12.7 Å². The van der Waals surface area contributed by atoms with E-state index < -0.39 is 0 Å². The molecule has 46 valence electrons. The summed E-state index contributed by atoms with van der Waals surface area (Å²) in [6, 6.07) is 0. The SMILES string of the molecule is C=CCOC(N)=S.[Mo]. The molecular formula is C4H7MoNOS. The van der Waals surface area contributed by atoms with Crippen LogP contribution in [0.5, 0.6) is 0 Å². The first-order valence-electron chi connectivity index (χ1n) is 1.80. The van der Waals surface area contributed by atoms with Crippen molar-refractivity contribution in [2.75, 3.05) is 6.61 Å². The Morgan fingerprint density at radius 2 is 2.38 bits per heavy atom. The predicted molar refractivity (Wildman–Crippen MR) is 32.9 cm³/mol. The Morgan fingerprint density at radius 3 is 2.50 bits per heavy atom. The zero-order chi connectivity index (χ0) is 5.70. The molecule has 2 N–H and O–H groups in total. The summed E-state index contributed by atoms with van der Waals surface area (Å²) in [4.78, 5) is 0. The topological polar surface area (TPSA) is 35.2 Å². The first-order valence-corrected chi connectivity index (χ1v) is 2.21. The zero-order valence-corrected chi connectivity index (χ0v) is 7.12. The summed E-state index contributed by atoms with van der Waals surface area (Å²) in [6.07, 6.45) is 1.58. The summed E-state index contributed by atoms with van der Waals surface area (Å²) in [5, 5.41) is 0.0694. The number of hydrogen-bond donors (Lipinski definition) is 1. The Morgan fingerprint density at radius 1 is 1.88 bits per heavy atom. The Hall–Kier alpha value is 0.118. The van der Waals surface area contributed by atoms with Gasteiger partial charge in [-0.05, 0) is 12.2 Å². The average Bonchev–Trinajstić information content (AvgIpc) is 1.61. The standard InChI is InChI=1S/C4H7NOS.Mo/c1-2-3-6-4(5)7;/h2H,1,3H2,(H2,5,7);.